The second kappa shape index (κ2) is 11.3. The van der Waals surface area contributed by atoms with Crippen molar-refractivity contribution in [3.05, 3.63) is 95.9 Å². The Morgan fingerprint density at radius 1 is 1.09 bits per heavy atom. The molecule has 0 amide bonds. The lowest BCUT2D eigenvalue weighted by molar-refractivity contribution is -0.139. The number of hydrogen-bond donors (Lipinski definition) is 1. The minimum atomic E-state index is -2.68. The zero-order valence-corrected chi connectivity index (χ0v) is 20.3. The van der Waals surface area contributed by atoms with Crippen LogP contribution in [0.5, 0.6) is 0 Å². The van der Waals surface area contributed by atoms with Gasteiger partial charge in [-0.2, -0.15) is 0 Å². The average molecular weight is 480 g/mol. The molecule has 3 aromatic rings. The van der Waals surface area contributed by atoms with Crippen molar-refractivity contribution in [1.82, 2.24) is 4.98 Å². The third-order valence-electron chi connectivity index (χ3n) is 5.65. The Bertz CT molecular complexity index is 1160. The van der Waals surface area contributed by atoms with Gasteiger partial charge >= 0.3 is 19.2 Å². The van der Waals surface area contributed by atoms with Crippen molar-refractivity contribution < 1.29 is 23.4 Å². The first-order valence-electron chi connectivity index (χ1n) is 11.0. The summed E-state index contributed by atoms with van der Waals surface area (Å²) < 4.78 is 31.8. The smallest absolute Gasteiger partial charge is 0.477 e. The van der Waals surface area contributed by atoms with Crippen LogP contribution in [0.3, 0.4) is 0 Å². The molecule has 3 atom stereocenters. The van der Waals surface area contributed by atoms with Gasteiger partial charge in [0.15, 0.2) is 0 Å². The number of nitrogens with zero attached hydrogens (tertiary/aromatic N) is 1. The number of benzene rings is 2. The van der Waals surface area contributed by atoms with Crippen LogP contribution < -0.4 is 0 Å². The summed E-state index contributed by atoms with van der Waals surface area (Å²) in [7, 11) is -1.44. The lowest BCUT2D eigenvalue weighted by atomic mass is 9.81. The summed E-state index contributed by atoms with van der Waals surface area (Å²) in [5.41, 5.74) is 2.69. The van der Waals surface area contributed by atoms with E-state index in [4.69, 9.17) is 9.51 Å². The highest BCUT2D eigenvalue weighted by molar-refractivity contribution is 7.43. The van der Waals surface area contributed by atoms with Gasteiger partial charge in [-0.3, -0.25) is 4.98 Å². The number of hydrogen-bond acceptors (Lipinski definition) is 4. The Kier molecular flexibility index (Phi) is 8.43. The highest BCUT2D eigenvalue weighted by atomic mass is 31.1. The van der Waals surface area contributed by atoms with Crippen molar-refractivity contribution in [3.63, 3.8) is 0 Å². The molecule has 0 radical (unpaired) electrons. The molecule has 0 saturated carbocycles. The molecule has 0 saturated heterocycles. The van der Waals surface area contributed by atoms with Crippen molar-refractivity contribution in [2.24, 2.45) is 5.92 Å². The molecule has 2 aromatic carbocycles. The molecule has 5 nitrogen and oxygen atoms in total. The molecule has 3 rings (SSSR count). The first-order chi connectivity index (χ1) is 16.3. The lowest BCUT2D eigenvalue weighted by Gasteiger charge is -2.27. The van der Waals surface area contributed by atoms with Crippen LogP contribution >= 0.6 is 8.03 Å². The fraction of sp³-hybridized carbons (Fsp3) is 0.259. The Labute approximate surface area is 200 Å². The number of rotatable bonds is 10. The monoisotopic (exact) mass is 480 g/mol. The van der Waals surface area contributed by atoms with Gasteiger partial charge in [0.1, 0.15) is 5.82 Å². The first-order valence-corrected chi connectivity index (χ1v) is 12.2. The SMILES string of the molecule is CO[P+](=O)C(C=Cc1ccc(F)cc1)(C(=O)O)C(CC(C)C)c1cccc(-c2ccccc2)n1. The van der Waals surface area contributed by atoms with Crippen molar-refractivity contribution in [2.75, 3.05) is 7.11 Å². The maximum Gasteiger partial charge on any atom is 0.531 e. The molecule has 3 unspecified atom stereocenters. The predicted octanol–water partition coefficient (Wildman–Crippen LogP) is 6.94. The van der Waals surface area contributed by atoms with E-state index in [9.17, 15) is 18.9 Å². The van der Waals surface area contributed by atoms with E-state index in [1.54, 1.807) is 12.1 Å². The van der Waals surface area contributed by atoms with Crippen LogP contribution in [0.1, 0.15) is 37.4 Å². The Hall–Kier alpha value is -3.21. The summed E-state index contributed by atoms with van der Waals surface area (Å²) in [5, 5.41) is 8.59. The minimum absolute atomic E-state index is 0.0883. The lowest BCUT2D eigenvalue weighted by Crippen LogP contribution is -2.41. The Balaban J connectivity index is 2.19. The first kappa shape index (κ1) is 25.4. The molecule has 0 aliphatic carbocycles. The molecular weight excluding hydrogens is 452 g/mol. The molecule has 0 bridgehead atoms. The molecule has 0 fully saturated rings. The van der Waals surface area contributed by atoms with Crippen molar-refractivity contribution in [2.45, 2.75) is 31.3 Å². The summed E-state index contributed by atoms with van der Waals surface area (Å²) in [6.07, 6.45) is 3.37. The fourth-order valence-corrected chi connectivity index (χ4v) is 5.11. The molecule has 7 heteroatoms. The molecule has 0 spiro atoms. The van der Waals surface area contributed by atoms with Crippen LogP contribution in [0, 0.1) is 11.7 Å². The van der Waals surface area contributed by atoms with Gasteiger partial charge in [-0.05, 0) is 52.8 Å². The van der Waals surface area contributed by atoms with Gasteiger partial charge in [0.2, 0.25) is 0 Å². The van der Waals surface area contributed by atoms with E-state index < -0.39 is 30.9 Å². The number of aromatic nitrogens is 1. The standard InChI is InChI=1S/C27H27FNO4P/c1-19(2)18-23(25-11-7-10-24(29-25)21-8-5-4-6-9-21)27(26(30)31,34(32)33-3)17-16-20-12-14-22(28)15-13-20/h4-17,19,23H,18H2,1-3H3/p+1. The van der Waals surface area contributed by atoms with Gasteiger partial charge in [0, 0.05) is 5.56 Å². The maximum absolute atomic E-state index is 13.3. The number of aliphatic carboxylic acids is 1. The summed E-state index contributed by atoms with van der Waals surface area (Å²) in [5.74, 6) is -2.32. The van der Waals surface area contributed by atoms with Crippen LogP contribution in [0.25, 0.3) is 17.3 Å². The molecular formula is C27H28FNO4P+. The van der Waals surface area contributed by atoms with Gasteiger partial charge < -0.3 is 5.11 Å². The summed E-state index contributed by atoms with van der Waals surface area (Å²) in [4.78, 5) is 17.6. The van der Waals surface area contributed by atoms with Crippen molar-refractivity contribution in [1.29, 1.82) is 0 Å². The predicted molar refractivity (Wildman–Crippen MR) is 132 cm³/mol. The van der Waals surface area contributed by atoms with Gasteiger partial charge in [-0.25, -0.2) is 9.18 Å². The molecule has 34 heavy (non-hydrogen) atoms. The van der Waals surface area contributed by atoms with E-state index in [2.05, 4.69) is 0 Å². The quantitative estimate of drug-likeness (QED) is 0.318. The number of carboxylic acid groups (broad SMARTS) is 1. The zero-order chi connectivity index (χ0) is 24.7. The van der Waals surface area contributed by atoms with Crippen LogP contribution in [0.4, 0.5) is 4.39 Å². The number of carboxylic acids is 1. The largest absolute Gasteiger partial charge is 0.531 e. The summed E-state index contributed by atoms with van der Waals surface area (Å²) in [6.45, 7) is 3.95. The molecule has 176 valence electrons. The summed E-state index contributed by atoms with van der Waals surface area (Å²) >= 11 is 0. The molecule has 1 N–H and O–H groups in total. The maximum atomic E-state index is 13.3. The number of carbonyl (C=O) groups is 1. The third kappa shape index (κ3) is 5.64. The molecule has 1 aromatic heterocycles. The van der Waals surface area contributed by atoms with E-state index in [0.29, 0.717) is 23.4 Å². The highest BCUT2D eigenvalue weighted by Crippen LogP contribution is 2.52. The van der Waals surface area contributed by atoms with E-state index in [1.165, 1.54) is 37.5 Å². The fourth-order valence-electron chi connectivity index (χ4n) is 3.96. The van der Waals surface area contributed by atoms with Crippen LogP contribution in [-0.2, 0) is 13.9 Å². The molecule has 1 heterocycles. The number of pyridine rings is 1. The Morgan fingerprint density at radius 2 is 1.76 bits per heavy atom. The van der Waals surface area contributed by atoms with Crippen LogP contribution in [0.15, 0.2) is 78.9 Å². The van der Waals surface area contributed by atoms with Crippen molar-refractivity contribution >= 4 is 20.1 Å². The van der Waals surface area contributed by atoms with Gasteiger partial charge in [-0.15, -0.1) is 4.52 Å². The van der Waals surface area contributed by atoms with E-state index >= 15 is 0 Å². The van der Waals surface area contributed by atoms with Gasteiger partial charge in [0.05, 0.1) is 24.4 Å². The van der Waals surface area contributed by atoms with Crippen LogP contribution in [-0.4, -0.2) is 28.3 Å². The number of halogens is 1. The third-order valence-corrected chi connectivity index (χ3v) is 7.23. The summed E-state index contributed by atoms with van der Waals surface area (Å²) in [6, 6.07) is 20.7. The minimum Gasteiger partial charge on any atom is -0.477 e. The molecule has 0 aliphatic rings. The Morgan fingerprint density at radius 3 is 2.35 bits per heavy atom. The van der Waals surface area contributed by atoms with E-state index in [-0.39, 0.29) is 5.92 Å². The normalized spacial score (nSPS) is 14.7. The van der Waals surface area contributed by atoms with Gasteiger partial charge in [-0.1, -0.05) is 68.5 Å². The molecule has 0 aliphatic heterocycles. The topological polar surface area (TPSA) is 76.5 Å². The van der Waals surface area contributed by atoms with E-state index in [0.717, 1.165) is 5.56 Å². The van der Waals surface area contributed by atoms with Crippen molar-refractivity contribution in [3.8, 4) is 11.3 Å². The van der Waals surface area contributed by atoms with Crippen LogP contribution in [0.2, 0.25) is 0 Å². The average Bonchev–Trinajstić information content (AvgIpc) is 2.84. The van der Waals surface area contributed by atoms with Gasteiger partial charge in [0.25, 0.3) is 0 Å². The second-order valence-corrected chi connectivity index (χ2v) is 10.1. The van der Waals surface area contributed by atoms with E-state index in [1.807, 2.05) is 56.3 Å². The second-order valence-electron chi connectivity index (χ2n) is 8.45. The zero-order valence-electron chi connectivity index (χ0n) is 19.4. The highest BCUT2D eigenvalue weighted by Gasteiger charge is 2.62.